The van der Waals surface area contributed by atoms with Gasteiger partial charge in [0.15, 0.2) is 0 Å². The van der Waals surface area contributed by atoms with Gasteiger partial charge < -0.3 is 15.0 Å². The summed E-state index contributed by atoms with van der Waals surface area (Å²) in [7, 11) is 1.65. The van der Waals surface area contributed by atoms with E-state index in [1.807, 2.05) is 77.7 Å². The lowest BCUT2D eigenvalue weighted by atomic mass is 10.0. The molecule has 1 atom stereocenters. The van der Waals surface area contributed by atoms with Crippen LogP contribution in [0.3, 0.4) is 0 Å². The van der Waals surface area contributed by atoms with Crippen LogP contribution >= 0.6 is 0 Å². The first kappa shape index (κ1) is 19.1. The van der Waals surface area contributed by atoms with Crippen molar-refractivity contribution in [1.29, 1.82) is 0 Å². The third kappa shape index (κ3) is 3.68. The molecule has 154 valence electrons. The molecule has 0 saturated heterocycles. The SMILES string of the molecule is COc1ccc(CCN2C(=O)c3ccccc3N[C@H]2c2cnc3ccccc3n2)cc1. The fourth-order valence-electron chi connectivity index (χ4n) is 3.90. The number of anilines is 1. The van der Waals surface area contributed by atoms with E-state index in [2.05, 4.69) is 10.3 Å². The molecule has 0 radical (unpaired) electrons. The van der Waals surface area contributed by atoms with Crippen molar-refractivity contribution in [2.45, 2.75) is 12.6 Å². The van der Waals surface area contributed by atoms with E-state index in [1.165, 1.54) is 0 Å². The summed E-state index contributed by atoms with van der Waals surface area (Å²) in [6, 6.07) is 23.3. The average molecular weight is 410 g/mol. The molecule has 6 heteroatoms. The summed E-state index contributed by atoms with van der Waals surface area (Å²) >= 11 is 0. The molecule has 1 N–H and O–H groups in total. The topological polar surface area (TPSA) is 67.3 Å². The first-order valence-electron chi connectivity index (χ1n) is 10.2. The lowest BCUT2D eigenvalue weighted by Gasteiger charge is -2.37. The van der Waals surface area contributed by atoms with Crippen molar-refractivity contribution < 1.29 is 9.53 Å². The van der Waals surface area contributed by atoms with E-state index in [-0.39, 0.29) is 5.91 Å². The molecular weight excluding hydrogens is 388 g/mol. The molecule has 1 aromatic heterocycles. The minimum Gasteiger partial charge on any atom is -0.497 e. The van der Waals surface area contributed by atoms with Crippen LogP contribution in [-0.2, 0) is 6.42 Å². The minimum absolute atomic E-state index is 0.0113. The standard InChI is InChI=1S/C25H22N4O2/c1-31-18-12-10-17(11-13-18)14-15-29-24(28-20-7-3-2-6-19(20)25(29)30)23-16-26-21-8-4-5-9-22(21)27-23/h2-13,16,24,28H,14-15H2,1H3/t24-/m1/s1. The number of amides is 1. The van der Waals surface area contributed by atoms with E-state index in [1.54, 1.807) is 13.3 Å². The molecule has 1 aliphatic heterocycles. The largest absolute Gasteiger partial charge is 0.497 e. The van der Waals surface area contributed by atoms with Crippen LogP contribution in [0.1, 0.15) is 27.8 Å². The molecular formula is C25H22N4O2. The van der Waals surface area contributed by atoms with Gasteiger partial charge in [0.05, 0.1) is 29.9 Å². The second-order valence-corrected chi connectivity index (χ2v) is 7.47. The van der Waals surface area contributed by atoms with Crippen molar-refractivity contribution in [2.75, 3.05) is 19.0 Å². The van der Waals surface area contributed by atoms with Crippen molar-refractivity contribution in [3.63, 3.8) is 0 Å². The zero-order valence-electron chi connectivity index (χ0n) is 17.2. The number of benzene rings is 3. The Kier molecular flexibility index (Phi) is 4.96. The molecule has 1 aliphatic rings. The average Bonchev–Trinajstić information content (AvgIpc) is 2.83. The number of rotatable bonds is 5. The summed E-state index contributed by atoms with van der Waals surface area (Å²) in [5.74, 6) is 0.806. The molecule has 0 saturated carbocycles. The predicted molar refractivity (Wildman–Crippen MR) is 120 cm³/mol. The van der Waals surface area contributed by atoms with Gasteiger partial charge in [-0.3, -0.25) is 9.78 Å². The number of nitrogens with zero attached hydrogens (tertiary/aromatic N) is 3. The summed E-state index contributed by atoms with van der Waals surface area (Å²) in [5, 5.41) is 3.50. The minimum atomic E-state index is -0.391. The van der Waals surface area contributed by atoms with Crippen molar-refractivity contribution >= 4 is 22.6 Å². The Labute approximate surface area is 180 Å². The van der Waals surface area contributed by atoms with Crippen molar-refractivity contribution in [3.8, 4) is 5.75 Å². The maximum atomic E-state index is 13.4. The van der Waals surface area contributed by atoms with Crippen LogP contribution in [0.2, 0.25) is 0 Å². The third-order valence-corrected chi connectivity index (χ3v) is 5.57. The summed E-state index contributed by atoms with van der Waals surface area (Å²) < 4.78 is 5.24. The highest BCUT2D eigenvalue weighted by Gasteiger charge is 2.33. The quantitative estimate of drug-likeness (QED) is 0.527. The number of fused-ring (bicyclic) bond motifs is 2. The van der Waals surface area contributed by atoms with Crippen molar-refractivity contribution in [1.82, 2.24) is 14.9 Å². The van der Waals surface area contributed by atoms with Gasteiger partial charge in [-0.25, -0.2) is 4.98 Å². The van der Waals surface area contributed by atoms with Crippen molar-refractivity contribution in [3.05, 3.63) is 95.8 Å². The Balaban J connectivity index is 1.48. The second kappa shape index (κ2) is 8.07. The van der Waals surface area contributed by atoms with Gasteiger partial charge in [-0.1, -0.05) is 36.4 Å². The van der Waals surface area contributed by atoms with E-state index in [9.17, 15) is 4.79 Å². The molecule has 0 aliphatic carbocycles. The number of carbonyl (C=O) groups is 1. The molecule has 0 unspecified atom stereocenters. The zero-order valence-corrected chi connectivity index (χ0v) is 17.2. The number of ether oxygens (including phenoxy) is 1. The van der Waals surface area contributed by atoms with Crippen LogP contribution in [0, 0.1) is 0 Å². The Morgan fingerprint density at radius 1 is 0.968 bits per heavy atom. The molecule has 4 aromatic rings. The Morgan fingerprint density at radius 3 is 2.52 bits per heavy atom. The van der Waals surface area contributed by atoms with Crippen LogP contribution in [0.15, 0.2) is 79.0 Å². The van der Waals surface area contributed by atoms with E-state index >= 15 is 0 Å². The van der Waals surface area contributed by atoms with E-state index < -0.39 is 6.17 Å². The monoisotopic (exact) mass is 410 g/mol. The summed E-state index contributed by atoms with van der Waals surface area (Å²) in [4.78, 5) is 24.6. The molecule has 0 fully saturated rings. The van der Waals surface area contributed by atoms with Gasteiger partial charge in [-0.15, -0.1) is 0 Å². The van der Waals surface area contributed by atoms with Crippen LogP contribution in [0.5, 0.6) is 5.75 Å². The van der Waals surface area contributed by atoms with Gasteiger partial charge in [-0.2, -0.15) is 0 Å². The highest BCUT2D eigenvalue weighted by atomic mass is 16.5. The maximum absolute atomic E-state index is 13.4. The number of carbonyl (C=O) groups excluding carboxylic acids is 1. The van der Waals surface area contributed by atoms with E-state index in [0.29, 0.717) is 12.1 Å². The van der Waals surface area contributed by atoms with Crippen LogP contribution in [0.25, 0.3) is 11.0 Å². The van der Waals surface area contributed by atoms with Crippen LogP contribution in [-0.4, -0.2) is 34.4 Å². The van der Waals surface area contributed by atoms with Crippen molar-refractivity contribution in [2.24, 2.45) is 0 Å². The molecule has 1 amide bonds. The maximum Gasteiger partial charge on any atom is 0.257 e. The first-order valence-corrected chi connectivity index (χ1v) is 10.2. The number of hydrogen-bond acceptors (Lipinski definition) is 5. The smallest absolute Gasteiger partial charge is 0.257 e. The van der Waals surface area contributed by atoms with Gasteiger partial charge in [0.25, 0.3) is 5.91 Å². The fraction of sp³-hybridized carbons (Fsp3) is 0.160. The van der Waals surface area contributed by atoms with Crippen LogP contribution in [0.4, 0.5) is 5.69 Å². The highest BCUT2D eigenvalue weighted by molar-refractivity contribution is 6.01. The normalized spacial score (nSPS) is 15.5. The summed E-state index contributed by atoms with van der Waals surface area (Å²) in [6.07, 6.45) is 2.08. The Hall–Kier alpha value is -3.93. The molecule has 0 spiro atoms. The molecule has 0 bridgehead atoms. The number of nitrogens with one attached hydrogen (secondary N) is 1. The van der Waals surface area contributed by atoms with E-state index in [4.69, 9.17) is 9.72 Å². The molecule has 6 nitrogen and oxygen atoms in total. The predicted octanol–water partition coefficient (Wildman–Crippen LogP) is 4.45. The van der Waals surface area contributed by atoms with Gasteiger partial charge in [0.1, 0.15) is 17.6 Å². The lowest BCUT2D eigenvalue weighted by Crippen LogP contribution is -2.44. The van der Waals surface area contributed by atoms with Gasteiger partial charge in [0, 0.05) is 12.2 Å². The number of aromatic nitrogens is 2. The number of hydrogen-bond donors (Lipinski definition) is 1. The third-order valence-electron chi connectivity index (χ3n) is 5.57. The van der Waals surface area contributed by atoms with Gasteiger partial charge in [0.2, 0.25) is 0 Å². The van der Waals surface area contributed by atoms with E-state index in [0.717, 1.165) is 40.1 Å². The van der Waals surface area contributed by atoms with Gasteiger partial charge in [-0.05, 0) is 48.4 Å². The number of para-hydroxylation sites is 3. The second-order valence-electron chi connectivity index (χ2n) is 7.47. The van der Waals surface area contributed by atoms with Crippen LogP contribution < -0.4 is 10.1 Å². The fourth-order valence-corrected chi connectivity index (χ4v) is 3.90. The highest BCUT2D eigenvalue weighted by Crippen LogP contribution is 2.32. The first-order chi connectivity index (χ1) is 15.2. The summed E-state index contributed by atoms with van der Waals surface area (Å²) in [6.45, 7) is 0.547. The number of methoxy groups -OCH3 is 1. The molecule has 3 aromatic carbocycles. The van der Waals surface area contributed by atoms with Gasteiger partial charge >= 0.3 is 0 Å². The molecule has 2 heterocycles. The molecule has 5 rings (SSSR count). The molecule has 31 heavy (non-hydrogen) atoms. The summed E-state index contributed by atoms with van der Waals surface area (Å²) in [5.41, 5.74) is 4.98. The zero-order chi connectivity index (χ0) is 21.2. The lowest BCUT2D eigenvalue weighted by molar-refractivity contribution is 0.0682. The Morgan fingerprint density at radius 2 is 1.71 bits per heavy atom. The Bertz CT molecular complexity index is 1240.